The highest BCUT2D eigenvalue weighted by atomic mass is 32.2. The van der Waals surface area contributed by atoms with Gasteiger partial charge in [0.2, 0.25) is 5.91 Å². The molecule has 1 aromatic carbocycles. The molecule has 29 heavy (non-hydrogen) atoms. The molecule has 0 spiro atoms. The molecule has 154 valence electrons. The lowest BCUT2D eigenvalue weighted by Gasteiger charge is -2.14. The van der Waals surface area contributed by atoms with Gasteiger partial charge in [0.25, 0.3) is 5.91 Å². The Labute approximate surface area is 180 Å². The first-order valence-corrected chi connectivity index (χ1v) is 10.6. The molecule has 1 aromatic rings. The molecule has 0 atom stereocenters. The van der Waals surface area contributed by atoms with Crippen LogP contribution in [0.2, 0.25) is 0 Å². The first-order valence-electron chi connectivity index (χ1n) is 9.41. The maximum atomic E-state index is 12.5. The molecule has 1 fully saturated rings. The summed E-state index contributed by atoms with van der Waals surface area (Å²) in [4.78, 5) is 36.7. The molecule has 6 nitrogen and oxygen atoms in total. The molecule has 0 aliphatic carbocycles. The van der Waals surface area contributed by atoms with Gasteiger partial charge in [-0.25, -0.2) is 0 Å². The van der Waals surface area contributed by atoms with E-state index in [9.17, 15) is 19.5 Å². The maximum Gasteiger partial charge on any atom is 0.266 e. The van der Waals surface area contributed by atoms with Crippen molar-refractivity contribution in [2.45, 2.75) is 32.1 Å². The van der Waals surface area contributed by atoms with E-state index in [0.29, 0.717) is 35.0 Å². The van der Waals surface area contributed by atoms with Crippen molar-refractivity contribution in [3.8, 4) is 0 Å². The molecule has 1 heterocycles. The molecule has 2 amide bonds. The summed E-state index contributed by atoms with van der Waals surface area (Å²) in [5.41, 5.74) is 1.04. The predicted octanol–water partition coefficient (Wildman–Crippen LogP) is 2.26. The van der Waals surface area contributed by atoms with Crippen molar-refractivity contribution in [1.29, 1.82) is 0 Å². The fraction of sp³-hybridized carbons (Fsp3) is 0.333. The van der Waals surface area contributed by atoms with E-state index >= 15 is 0 Å². The molecule has 1 N–H and O–H groups in total. The van der Waals surface area contributed by atoms with E-state index in [1.807, 2.05) is 42.5 Å². The molecular formula is C21H23N2O4S2-. The highest BCUT2D eigenvalue weighted by Gasteiger charge is 2.31. The number of nitrogens with zero attached hydrogens (tertiary/aromatic N) is 1. The van der Waals surface area contributed by atoms with Crippen molar-refractivity contribution < 1.29 is 19.5 Å². The molecule has 0 saturated carbocycles. The van der Waals surface area contributed by atoms with Crippen LogP contribution in [0.3, 0.4) is 0 Å². The third kappa shape index (κ3) is 8.21. The molecule has 0 aromatic heterocycles. The van der Waals surface area contributed by atoms with Crippen molar-refractivity contribution in [1.82, 2.24) is 10.2 Å². The maximum absolute atomic E-state index is 12.5. The second kappa shape index (κ2) is 12.2. The van der Waals surface area contributed by atoms with Crippen molar-refractivity contribution >= 4 is 52.2 Å². The zero-order valence-corrected chi connectivity index (χ0v) is 17.6. The second-order valence-corrected chi connectivity index (χ2v) is 8.08. The van der Waals surface area contributed by atoms with Gasteiger partial charge in [0.05, 0.1) is 4.91 Å². The molecule has 0 radical (unpaired) electrons. The first-order chi connectivity index (χ1) is 14.0. The molecule has 0 unspecified atom stereocenters. The fourth-order valence-corrected chi connectivity index (χ4v) is 3.88. The van der Waals surface area contributed by atoms with Crippen LogP contribution in [-0.2, 0) is 14.4 Å². The zero-order chi connectivity index (χ0) is 21.1. The summed E-state index contributed by atoms with van der Waals surface area (Å²) in [7, 11) is 0. The number of thioether (sulfide) groups is 1. The lowest BCUT2D eigenvalue weighted by Crippen LogP contribution is -2.33. The number of benzene rings is 1. The second-order valence-electron chi connectivity index (χ2n) is 6.41. The Kier molecular flexibility index (Phi) is 9.59. The van der Waals surface area contributed by atoms with Crippen LogP contribution in [0.1, 0.15) is 37.7 Å². The summed E-state index contributed by atoms with van der Waals surface area (Å²) in [6.07, 6.45) is 7.62. The van der Waals surface area contributed by atoms with Crippen LogP contribution in [-0.4, -0.2) is 40.1 Å². The number of carbonyl (C=O) groups is 3. The Morgan fingerprint density at radius 2 is 1.90 bits per heavy atom. The van der Waals surface area contributed by atoms with Gasteiger partial charge in [0, 0.05) is 25.5 Å². The van der Waals surface area contributed by atoms with Crippen molar-refractivity contribution in [3.63, 3.8) is 0 Å². The van der Waals surface area contributed by atoms with E-state index in [4.69, 9.17) is 12.2 Å². The van der Waals surface area contributed by atoms with Crippen LogP contribution in [0.5, 0.6) is 0 Å². The number of aliphatic carboxylic acids is 1. The summed E-state index contributed by atoms with van der Waals surface area (Å²) >= 11 is 6.50. The third-order valence-corrected chi connectivity index (χ3v) is 5.55. The number of nitrogens with one attached hydrogen (secondary N) is 1. The number of hydrogen-bond acceptors (Lipinski definition) is 6. The molecule has 1 saturated heterocycles. The van der Waals surface area contributed by atoms with Crippen molar-refractivity contribution in [2.75, 3.05) is 13.1 Å². The van der Waals surface area contributed by atoms with Crippen LogP contribution < -0.4 is 10.4 Å². The monoisotopic (exact) mass is 431 g/mol. The summed E-state index contributed by atoms with van der Waals surface area (Å²) in [5.74, 6) is -1.40. The number of carboxylic acids is 1. The third-order valence-electron chi connectivity index (χ3n) is 4.15. The van der Waals surface area contributed by atoms with E-state index in [2.05, 4.69) is 5.32 Å². The van der Waals surface area contributed by atoms with E-state index in [1.54, 1.807) is 6.08 Å². The minimum Gasteiger partial charge on any atom is -0.550 e. The van der Waals surface area contributed by atoms with Gasteiger partial charge in [-0.15, -0.1) is 0 Å². The van der Waals surface area contributed by atoms with Gasteiger partial charge in [0.15, 0.2) is 0 Å². The number of unbranched alkanes of at least 4 members (excludes halogenated alkanes) is 2. The Hall–Kier alpha value is -2.45. The molecule has 0 bridgehead atoms. The van der Waals surface area contributed by atoms with Gasteiger partial charge in [-0.3, -0.25) is 14.5 Å². The van der Waals surface area contributed by atoms with Gasteiger partial charge >= 0.3 is 0 Å². The molecule has 1 aliphatic rings. The highest BCUT2D eigenvalue weighted by Crippen LogP contribution is 2.31. The smallest absolute Gasteiger partial charge is 0.266 e. The first kappa shape index (κ1) is 22.8. The van der Waals surface area contributed by atoms with Crippen LogP contribution in [0.25, 0.3) is 6.08 Å². The SMILES string of the molecule is O=C([O-])CCCCCNC(=O)CCN1C(=O)C(=CC=Cc2ccccc2)SC1=S. The molecule has 8 heteroatoms. The van der Waals surface area contributed by atoms with Gasteiger partial charge in [0.1, 0.15) is 4.32 Å². The van der Waals surface area contributed by atoms with Crippen LogP contribution in [0, 0.1) is 0 Å². The topological polar surface area (TPSA) is 89.5 Å². The van der Waals surface area contributed by atoms with Crippen LogP contribution in [0.4, 0.5) is 0 Å². The average molecular weight is 432 g/mol. The highest BCUT2D eigenvalue weighted by molar-refractivity contribution is 8.26. The van der Waals surface area contributed by atoms with Gasteiger partial charge in [-0.1, -0.05) is 72.9 Å². The molecule has 1 aliphatic heterocycles. The van der Waals surface area contributed by atoms with Crippen molar-refractivity contribution in [3.05, 3.63) is 53.0 Å². The normalized spacial score (nSPS) is 15.4. The van der Waals surface area contributed by atoms with Gasteiger partial charge in [-0.2, -0.15) is 0 Å². The number of carboxylic acid groups (broad SMARTS) is 1. The number of rotatable bonds is 11. The quantitative estimate of drug-likeness (QED) is 0.328. The van der Waals surface area contributed by atoms with Crippen LogP contribution >= 0.6 is 24.0 Å². The van der Waals surface area contributed by atoms with Crippen LogP contribution in [0.15, 0.2) is 47.4 Å². The van der Waals surface area contributed by atoms with E-state index < -0.39 is 5.97 Å². The summed E-state index contributed by atoms with van der Waals surface area (Å²) < 4.78 is 0.449. The number of hydrogen-bond donors (Lipinski definition) is 1. The number of carbonyl (C=O) groups excluding carboxylic acids is 3. The Morgan fingerprint density at radius 1 is 1.14 bits per heavy atom. The molecule has 2 rings (SSSR count). The van der Waals surface area contributed by atoms with E-state index in [0.717, 1.165) is 5.56 Å². The van der Waals surface area contributed by atoms with Gasteiger partial charge in [-0.05, 0) is 30.9 Å². The Morgan fingerprint density at radius 3 is 2.62 bits per heavy atom. The fourth-order valence-electron chi connectivity index (χ4n) is 2.62. The average Bonchev–Trinajstić information content (AvgIpc) is 2.96. The Balaban J connectivity index is 1.72. The van der Waals surface area contributed by atoms with E-state index in [-0.39, 0.29) is 31.2 Å². The number of amides is 2. The Bertz CT molecular complexity index is 806. The number of thiocarbonyl (C=S) groups is 1. The minimum absolute atomic E-state index is 0.0382. The van der Waals surface area contributed by atoms with Crippen molar-refractivity contribution in [2.24, 2.45) is 0 Å². The van der Waals surface area contributed by atoms with Gasteiger partial charge < -0.3 is 15.2 Å². The standard InChI is InChI=1S/C21H24N2O4S2/c24-18(22-14-6-2-5-12-19(25)26)13-15-23-20(27)17(29-21(23)28)11-7-10-16-8-3-1-4-9-16/h1,3-4,7-11H,2,5-6,12-15H2,(H,22,24)(H,25,26)/p-1. The minimum atomic E-state index is -1.05. The largest absolute Gasteiger partial charge is 0.550 e. The summed E-state index contributed by atoms with van der Waals surface area (Å²) in [6.45, 7) is 0.718. The summed E-state index contributed by atoms with van der Waals surface area (Å²) in [5, 5.41) is 13.1. The molecular weight excluding hydrogens is 408 g/mol. The lowest BCUT2D eigenvalue weighted by atomic mass is 10.2. The zero-order valence-electron chi connectivity index (χ0n) is 16.0. The predicted molar refractivity (Wildman–Crippen MR) is 117 cm³/mol. The van der Waals surface area contributed by atoms with E-state index in [1.165, 1.54) is 16.7 Å². The summed E-state index contributed by atoms with van der Waals surface area (Å²) in [6, 6.07) is 9.76. The number of allylic oxidation sites excluding steroid dienone is 2. The lowest BCUT2D eigenvalue weighted by molar-refractivity contribution is -0.305.